The molecule has 0 saturated heterocycles. The summed E-state index contributed by atoms with van der Waals surface area (Å²) in [7, 11) is 0. The van der Waals surface area contributed by atoms with Gasteiger partial charge in [-0.25, -0.2) is 14.8 Å². The van der Waals surface area contributed by atoms with Gasteiger partial charge >= 0.3 is 6.03 Å². The van der Waals surface area contributed by atoms with Gasteiger partial charge in [-0.15, -0.1) is 0 Å². The van der Waals surface area contributed by atoms with E-state index in [2.05, 4.69) is 20.6 Å². The number of aromatic nitrogens is 3. The number of urea groups is 1. The first-order chi connectivity index (χ1) is 16.3. The SMILES string of the molecule is CC(C)n1cc(C(=O)c2cccc(NC(=O)Nc3ccc(C#N)cc3)c2Cl)c2c(N)ncnc21. The summed E-state index contributed by atoms with van der Waals surface area (Å²) in [5.74, 6) is -0.174. The van der Waals surface area contributed by atoms with E-state index in [1.165, 1.54) is 6.33 Å². The lowest BCUT2D eigenvalue weighted by atomic mass is 10.0. The smallest absolute Gasteiger partial charge is 0.323 e. The summed E-state index contributed by atoms with van der Waals surface area (Å²) in [6.07, 6.45) is 3.05. The molecule has 4 aromatic rings. The average Bonchev–Trinajstić information content (AvgIpc) is 3.22. The van der Waals surface area contributed by atoms with E-state index < -0.39 is 6.03 Å². The van der Waals surface area contributed by atoms with Crippen LogP contribution in [0.4, 0.5) is 22.0 Å². The molecule has 0 aliphatic heterocycles. The van der Waals surface area contributed by atoms with Gasteiger partial charge in [0.25, 0.3) is 0 Å². The van der Waals surface area contributed by atoms with E-state index in [1.807, 2.05) is 24.5 Å². The number of nitrogens with two attached hydrogens (primary N) is 1. The summed E-state index contributed by atoms with van der Waals surface area (Å²) in [6, 6.07) is 12.7. The lowest BCUT2D eigenvalue weighted by Gasteiger charge is -2.11. The van der Waals surface area contributed by atoms with Crippen LogP contribution in [0.2, 0.25) is 5.02 Å². The van der Waals surface area contributed by atoms with E-state index in [9.17, 15) is 9.59 Å². The number of amides is 2. The standard InChI is InChI=1S/C24H20ClN7O2/c1-13(2)32-11-17(19-22(27)28-12-29-23(19)32)21(33)16-4-3-5-18(20(16)25)31-24(34)30-15-8-6-14(10-26)7-9-15/h3-9,11-13H,1-2H3,(H2,27,28,29)(H2,30,31,34). The fourth-order valence-electron chi connectivity index (χ4n) is 3.54. The molecule has 2 heterocycles. The number of benzene rings is 2. The molecule has 0 aliphatic rings. The first kappa shape index (κ1) is 22.8. The van der Waals surface area contributed by atoms with Crippen LogP contribution in [-0.4, -0.2) is 26.3 Å². The molecule has 2 aromatic heterocycles. The van der Waals surface area contributed by atoms with E-state index in [1.54, 1.807) is 48.7 Å². The maximum Gasteiger partial charge on any atom is 0.323 e. The molecule has 0 radical (unpaired) electrons. The zero-order valence-electron chi connectivity index (χ0n) is 18.3. The first-order valence-electron chi connectivity index (χ1n) is 10.3. The first-order valence-corrected chi connectivity index (χ1v) is 10.7. The number of fused-ring (bicyclic) bond motifs is 1. The van der Waals surface area contributed by atoms with Crippen molar-refractivity contribution in [3.05, 3.63) is 76.7 Å². The second-order valence-electron chi connectivity index (χ2n) is 7.77. The van der Waals surface area contributed by atoms with Crippen molar-refractivity contribution in [2.75, 3.05) is 16.4 Å². The van der Waals surface area contributed by atoms with Crippen LogP contribution < -0.4 is 16.4 Å². The molecule has 2 aromatic carbocycles. The van der Waals surface area contributed by atoms with Gasteiger partial charge in [-0.2, -0.15) is 5.26 Å². The Morgan fingerprint density at radius 1 is 1.09 bits per heavy atom. The van der Waals surface area contributed by atoms with Gasteiger partial charge in [0.15, 0.2) is 5.78 Å². The van der Waals surface area contributed by atoms with Gasteiger partial charge in [-0.1, -0.05) is 17.7 Å². The molecular formula is C24H20ClN7O2. The second-order valence-corrected chi connectivity index (χ2v) is 8.14. The third-order valence-corrected chi connectivity index (χ3v) is 5.61. The maximum absolute atomic E-state index is 13.5. The van der Waals surface area contributed by atoms with E-state index in [4.69, 9.17) is 22.6 Å². The Morgan fingerprint density at radius 2 is 1.82 bits per heavy atom. The summed E-state index contributed by atoms with van der Waals surface area (Å²) in [4.78, 5) is 34.3. The Bertz CT molecular complexity index is 1450. The number of halogens is 1. The molecule has 0 fully saturated rings. The van der Waals surface area contributed by atoms with Gasteiger partial charge in [0.05, 0.1) is 33.3 Å². The summed E-state index contributed by atoms with van der Waals surface area (Å²) in [5, 5.41) is 14.7. The Morgan fingerprint density at radius 3 is 2.50 bits per heavy atom. The van der Waals surface area contributed by atoms with E-state index in [0.717, 1.165) is 0 Å². The number of rotatable bonds is 5. The molecule has 10 heteroatoms. The summed E-state index contributed by atoms with van der Waals surface area (Å²) < 4.78 is 1.85. The molecule has 4 N–H and O–H groups in total. The number of nitrogen functional groups attached to an aromatic ring is 1. The van der Waals surface area contributed by atoms with Crippen LogP contribution in [-0.2, 0) is 0 Å². The zero-order valence-corrected chi connectivity index (χ0v) is 19.1. The summed E-state index contributed by atoms with van der Waals surface area (Å²) in [5.41, 5.74) is 8.39. The molecule has 34 heavy (non-hydrogen) atoms. The van der Waals surface area contributed by atoms with Crippen LogP contribution in [0, 0.1) is 11.3 Å². The number of anilines is 3. The number of ketones is 1. The van der Waals surface area contributed by atoms with Crippen LogP contribution >= 0.6 is 11.6 Å². The molecular weight excluding hydrogens is 454 g/mol. The van der Waals surface area contributed by atoms with Crippen LogP contribution in [0.15, 0.2) is 55.0 Å². The monoisotopic (exact) mass is 473 g/mol. The highest BCUT2D eigenvalue weighted by atomic mass is 35.5. The molecule has 9 nitrogen and oxygen atoms in total. The maximum atomic E-state index is 13.5. The molecule has 4 rings (SSSR count). The lowest BCUT2D eigenvalue weighted by Crippen LogP contribution is -2.20. The van der Waals surface area contributed by atoms with Gasteiger partial charge in [-0.3, -0.25) is 4.79 Å². The number of carbonyl (C=O) groups excluding carboxylic acids is 2. The third-order valence-electron chi connectivity index (χ3n) is 5.20. The Hall–Kier alpha value is -4.42. The summed E-state index contributed by atoms with van der Waals surface area (Å²) in [6.45, 7) is 3.94. The number of nitriles is 1. The van der Waals surface area contributed by atoms with Crippen LogP contribution in [0.25, 0.3) is 11.0 Å². The number of carbonyl (C=O) groups is 2. The highest BCUT2D eigenvalue weighted by Crippen LogP contribution is 2.32. The molecule has 2 amide bonds. The predicted molar refractivity (Wildman–Crippen MR) is 131 cm³/mol. The number of hydrogen-bond donors (Lipinski definition) is 3. The van der Waals surface area contributed by atoms with Gasteiger partial charge in [-0.05, 0) is 50.2 Å². The molecule has 0 bridgehead atoms. The van der Waals surface area contributed by atoms with Gasteiger partial charge < -0.3 is 20.9 Å². The van der Waals surface area contributed by atoms with Gasteiger partial charge in [0.1, 0.15) is 17.8 Å². The number of nitrogens with one attached hydrogen (secondary N) is 2. The van der Waals surface area contributed by atoms with Crippen molar-refractivity contribution in [3.8, 4) is 6.07 Å². The predicted octanol–water partition coefficient (Wildman–Crippen LogP) is 4.99. The highest BCUT2D eigenvalue weighted by molar-refractivity contribution is 6.38. The Labute approximate surface area is 200 Å². The molecule has 0 atom stereocenters. The lowest BCUT2D eigenvalue weighted by molar-refractivity contribution is 0.104. The summed E-state index contributed by atoms with van der Waals surface area (Å²) >= 11 is 6.53. The Kier molecular flexibility index (Phi) is 6.17. The Balaban J connectivity index is 1.64. The van der Waals surface area contributed by atoms with Crippen molar-refractivity contribution < 1.29 is 9.59 Å². The topological polar surface area (TPSA) is 139 Å². The second kappa shape index (κ2) is 9.21. The van der Waals surface area contributed by atoms with Crippen LogP contribution in [0.5, 0.6) is 0 Å². The van der Waals surface area contributed by atoms with Crippen LogP contribution in [0.1, 0.15) is 41.4 Å². The third kappa shape index (κ3) is 4.27. The minimum absolute atomic E-state index is 0.0349. The van der Waals surface area contributed by atoms with Crippen molar-refractivity contribution in [1.29, 1.82) is 5.26 Å². The minimum atomic E-state index is -0.551. The molecule has 0 unspecified atom stereocenters. The largest absolute Gasteiger partial charge is 0.383 e. The number of nitrogens with zero attached hydrogens (tertiary/aromatic N) is 4. The quantitative estimate of drug-likeness (QED) is 0.349. The van der Waals surface area contributed by atoms with E-state index in [-0.39, 0.29) is 33.9 Å². The number of hydrogen-bond acceptors (Lipinski definition) is 6. The molecule has 0 spiro atoms. The van der Waals surface area contributed by atoms with Crippen molar-refractivity contribution >= 4 is 51.6 Å². The van der Waals surface area contributed by atoms with Crippen molar-refractivity contribution in [1.82, 2.24) is 14.5 Å². The zero-order chi connectivity index (χ0) is 24.4. The van der Waals surface area contributed by atoms with E-state index >= 15 is 0 Å². The fourth-order valence-corrected chi connectivity index (χ4v) is 3.79. The van der Waals surface area contributed by atoms with Crippen molar-refractivity contribution in [2.45, 2.75) is 19.9 Å². The molecule has 0 aliphatic carbocycles. The normalized spacial score (nSPS) is 10.8. The fraction of sp³-hybridized carbons (Fsp3) is 0.125. The minimum Gasteiger partial charge on any atom is -0.383 e. The van der Waals surface area contributed by atoms with Crippen LogP contribution in [0.3, 0.4) is 0 Å². The molecule has 170 valence electrons. The average molecular weight is 474 g/mol. The highest BCUT2D eigenvalue weighted by Gasteiger charge is 2.24. The van der Waals surface area contributed by atoms with E-state index in [0.29, 0.717) is 27.8 Å². The van der Waals surface area contributed by atoms with Crippen molar-refractivity contribution in [2.24, 2.45) is 0 Å². The van der Waals surface area contributed by atoms with Gasteiger partial charge in [0, 0.05) is 23.5 Å². The molecule has 0 saturated carbocycles. The van der Waals surface area contributed by atoms with Crippen molar-refractivity contribution in [3.63, 3.8) is 0 Å². The van der Waals surface area contributed by atoms with Gasteiger partial charge in [0.2, 0.25) is 0 Å².